The minimum atomic E-state index is -3.83. The number of rotatable bonds is 3. The number of carbonyl (C=O) groups is 1. The second-order valence-electron chi connectivity index (χ2n) is 4.11. The molecule has 104 valence electrons. The molecule has 1 aromatic carbocycles. The van der Waals surface area contributed by atoms with E-state index in [1.165, 1.54) is 24.5 Å². The standard InChI is InChI=1S/C12H12N4O3S/c1-8-2-3-10(6-11(8)20(13,18)19)16-12(17)9-4-5-14-15-7-9/h2-7H,1H3,(H,16,17)(H2,13,18,19). The van der Waals surface area contributed by atoms with E-state index in [1.807, 2.05) is 0 Å². The van der Waals surface area contributed by atoms with Crippen molar-refractivity contribution in [3.63, 3.8) is 0 Å². The molecular formula is C12H12N4O3S. The number of anilines is 1. The van der Waals surface area contributed by atoms with Gasteiger partial charge in [-0.25, -0.2) is 13.6 Å². The number of amides is 1. The lowest BCUT2D eigenvalue weighted by molar-refractivity contribution is 0.102. The van der Waals surface area contributed by atoms with Crippen molar-refractivity contribution in [2.24, 2.45) is 5.14 Å². The van der Waals surface area contributed by atoms with Gasteiger partial charge in [-0.15, -0.1) is 0 Å². The minimum absolute atomic E-state index is 0.0249. The number of carbonyl (C=O) groups excluding carboxylic acids is 1. The Hall–Kier alpha value is -2.32. The third-order valence-electron chi connectivity index (χ3n) is 2.60. The van der Waals surface area contributed by atoms with E-state index in [4.69, 9.17) is 5.14 Å². The number of primary sulfonamides is 1. The van der Waals surface area contributed by atoms with E-state index in [1.54, 1.807) is 19.1 Å². The van der Waals surface area contributed by atoms with Gasteiger partial charge in [0, 0.05) is 5.69 Å². The fourth-order valence-electron chi connectivity index (χ4n) is 1.61. The average Bonchev–Trinajstić information content (AvgIpc) is 2.40. The van der Waals surface area contributed by atoms with Crippen LogP contribution in [0, 0.1) is 6.92 Å². The van der Waals surface area contributed by atoms with Crippen LogP contribution in [0.15, 0.2) is 41.6 Å². The van der Waals surface area contributed by atoms with Gasteiger partial charge in [-0.1, -0.05) is 6.07 Å². The lowest BCUT2D eigenvalue weighted by Gasteiger charge is -2.08. The van der Waals surface area contributed by atoms with Crippen molar-refractivity contribution in [3.05, 3.63) is 47.8 Å². The molecule has 7 nitrogen and oxygen atoms in total. The molecule has 0 saturated carbocycles. The summed E-state index contributed by atoms with van der Waals surface area (Å²) in [5, 5.41) is 14.8. The van der Waals surface area contributed by atoms with Crippen LogP contribution in [0.3, 0.4) is 0 Å². The summed E-state index contributed by atoms with van der Waals surface area (Å²) in [6.07, 6.45) is 2.70. The number of nitrogens with two attached hydrogens (primary N) is 1. The third kappa shape index (κ3) is 3.16. The predicted molar refractivity (Wildman–Crippen MR) is 72.5 cm³/mol. The molecule has 1 heterocycles. The molecule has 2 rings (SSSR count). The first-order valence-corrected chi connectivity index (χ1v) is 7.14. The highest BCUT2D eigenvalue weighted by Gasteiger charge is 2.13. The Morgan fingerprint density at radius 3 is 2.60 bits per heavy atom. The number of aryl methyl sites for hydroxylation is 1. The first-order chi connectivity index (χ1) is 9.38. The largest absolute Gasteiger partial charge is 0.322 e. The van der Waals surface area contributed by atoms with Crippen molar-refractivity contribution in [3.8, 4) is 0 Å². The van der Waals surface area contributed by atoms with Crippen molar-refractivity contribution in [1.82, 2.24) is 10.2 Å². The number of sulfonamides is 1. The number of nitrogens with one attached hydrogen (secondary N) is 1. The SMILES string of the molecule is Cc1ccc(NC(=O)c2ccnnc2)cc1S(N)(=O)=O. The molecule has 0 fully saturated rings. The number of benzene rings is 1. The molecule has 1 amide bonds. The van der Waals surface area contributed by atoms with Gasteiger partial charge in [-0.3, -0.25) is 4.79 Å². The highest BCUT2D eigenvalue weighted by atomic mass is 32.2. The van der Waals surface area contributed by atoms with Crippen molar-refractivity contribution < 1.29 is 13.2 Å². The lowest BCUT2D eigenvalue weighted by atomic mass is 10.2. The highest BCUT2D eigenvalue weighted by Crippen LogP contribution is 2.19. The Morgan fingerprint density at radius 1 is 1.25 bits per heavy atom. The minimum Gasteiger partial charge on any atom is -0.322 e. The van der Waals surface area contributed by atoms with E-state index < -0.39 is 15.9 Å². The Labute approximate surface area is 115 Å². The maximum absolute atomic E-state index is 11.9. The van der Waals surface area contributed by atoms with Crippen LogP contribution in [0.25, 0.3) is 0 Å². The van der Waals surface area contributed by atoms with Crippen LogP contribution in [0.1, 0.15) is 15.9 Å². The van der Waals surface area contributed by atoms with E-state index in [0.717, 1.165) is 0 Å². The van der Waals surface area contributed by atoms with Gasteiger partial charge in [0.15, 0.2) is 0 Å². The molecule has 0 atom stereocenters. The number of hydrogen-bond acceptors (Lipinski definition) is 5. The predicted octanol–water partition coefficient (Wildman–Crippen LogP) is 0.685. The topological polar surface area (TPSA) is 115 Å². The fourth-order valence-corrected chi connectivity index (χ4v) is 2.42. The van der Waals surface area contributed by atoms with Crippen LogP contribution < -0.4 is 10.5 Å². The Bertz CT molecular complexity index is 745. The molecule has 2 aromatic rings. The van der Waals surface area contributed by atoms with E-state index >= 15 is 0 Å². The summed E-state index contributed by atoms with van der Waals surface area (Å²) in [4.78, 5) is 11.9. The van der Waals surface area contributed by atoms with Crippen LogP contribution in [0.4, 0.5) is 5.69 Å². The number of nitrogens with zero attached hydrogens (tertiary/aromatic N) is 2. The van der Waals surface area contributed by atoms with Gasteiger partial charge in [0.05, 0.1) is 22.9 Å². The van der Waals surface area contributed by atoms with Crippen LogP contribution in [0.5, 0.6) is 0 Å². The molecule has 0 saturated heterocycles. The van der Waals surface area contributed by atoms with Crippen molar-refractivity contribution in [2.45, 2.75) is 11.8 Å². The van der Waals surface area contributed by atoms with Gasteiger partial charge < -0.3 is 5.32 Å². The number of aromatic nitrogens is 2. The second-order valence-corrected chi connectivity index (χ2v) is 5.64. The maximum atomic E-state index is 11.9. The summed E-state index contributed by atoms with van der Waals surface area (Å²) in [5.74, 6) is -0.413. The Kier molecular flexibility index (Phi) is 3.77. The van der Waals surface area contributed by atoms with E-state index in [-0.39, 0.29) is 4.90 Å². The molecule has 0 unspecified atom stereocenters. The van der Waals surface area contributed by atoms with E-state index in [2.05, 4.69) is 15.5 Å². The average molecular weight is 292 g/mol. The van der Waals surface area contributed by atoms with E-state index in [0.29, 0.717) is 16.8 Å². The highest BCUT2D eigenvalue weighted by molar-refractivity contribution is 7.89. The molecule has 8 heteroatoms. The number of hydrogen-bond donors (Lipinski definition) is 2. The lowest BCUT2D eigenvalue weighted by Crippen LogP contribution is -2.16. The molecule has 0 spiro atoms. The normalized spacial score (nSPS) is 11.1. The van der Waals surface area contributed by atoms with Gasteiger partial charge in [0.2, 0.25) is 10.0 Å². The van der Waals surface area contributed by atoms with Crippen LogP contribution in [-0.2, 0) is 10.0 Å². The summed E-state index contributed by atoms with van der Waals surface area (Å²) in [7, 11) is -3.83. The summed E-state index contributed by atoms with van der Waals surface area (Å²) in [6.45, 7) is 1.62. The van der Waals surface area contributed by atoms with Gasteiger partial charge >= 0.3 is 0 Å². The summed E-state index contributed by atoms with van der Waals surface area (Å²) in [5.41, 5.74) is 1.16. The van der Waals surface area contributed by atoms with Gasteiger partial charge in [0.25, 0.3) is 5.91 Å². The fraction of sp³-hybridized carbons (Fsp3) is 0.0833. The molecule has 0 aliphatic carbocycles. The van der Waals surface area contributed by atoms with Crippen molar-refractivity contribution >= 4 is 21.6 Å². The van der Waals surface area contributed by atoms with Gasteiger partial charge in [-0.05, 0) is 30.7 Å². The van der Waals surface area contributed by atoms with Crippen molar-refractivity contribution in [2.75, 3.05) is 5.32 Å². The zero-order valence-corrected chi connectivity index (χ0v) is 11.4. The van der Waals surface area contributed by atoms with Crippen LogP contribution in [0.2, 0.25) is 0 Å². The molecule has 0 radical (unpaired) electrons. The maximum Gasteiger partial charge on any atom is 0.257 e. The van der Waals surface area contributed by atoms with Gasteiger partial charge in [-0.2, -0.15) is 10.2 Å². The molecule has 0 aliphatic heterocycles. The van der Waals surface area contributed by atoms with Crippen LogP contribution >= 0.6 is 0 Å². The molecule has 0 aliphatic rings. The molecule has 1 aromatic heterocycles. The second kappa shape index (κ2) is 5.35. The summed E-state index contributed by atoms with van der Waals surface area (Å²) in [6, 6.07) is 5.98. The zero-order valence-electron chi connectivity index (χ0n) is 10.6. The third-order valence-corrected chi connectivity index (χ3v) is 3.65. The van der Waals surface area contributed by atoms with Crippen molar-refractivity contribution in [1.29, 1.82) is 0 Å². The summed E-state index contributed by atoms with van der Waals surface area (Å²) >= 11 is 0. The molecular weight excluding hydrogens is 280 g/mol. The molecule has 20 heavy (non-hydrogen) atoms. The quantitative estimate of drug-likeness (QED) is 0.863. The Morgan fingerprint density at radius 2 is 2.00 bits per heavy atom. The van der Waals surface area contributed by atoms with Gasteiger partial charge in [0.1, 0.15) is 0 Å². The monoisotopic (exact) mass is 292 g/mol. The molecule has 0 bridgehead atoms. The molecule has 3 N–H and O–H groups in total. The first-order valence-electron chi connectivity index (χ1n) is 5.59. The van der Waals surface area contributed by atoms with E-state index in [9.17, 15) is 13.2 Å². The first kappa shape index (κ1) is 14.1. The smallest absolute Gasteiger partial charge is 0.257 e. The summed E-state index contributed by atoms with van der Waals surface area (Å²) < 4.78 is 22.8. The Balaban J connectivity index is 2.30. The van der Waals surface area contributed by atoms with Crippen LogP contribution in [-0.4, -0.2) is 24.5 Å². The zero-order chi connectivity index (χ0) is 14.8.